The first-order valence-electron chi connectivity index (χ1n) is 11.8. The van der Waals surface area contributed by atoms with Crippen LogP contribution < -0.4 is 0 Å². The van der Waals surface area contributed by atoms with Crippen molar-refractivity contribution in [2.24, 2.45) is 0 Å². The normalized spacial score (nSPS) is 13.7. The Balaban J connectivity index is 1.42. The van der Waals surface area contributed by atoms with Gasteiger partial charge in [0.1, 0.15) is 5.82 Å². The molecule has 0 N–H and O–H groups in total. The minimum atomic E-state index is 0.0641. The third-order valence-corrected chi connectivity index (χ3v) is 7.08. The Morgan fingerprint density at radius 2 is 1.63 bits per heavy atom. The molecule has 0 atom stereocenters. The molecular weight excluding hydrogens is 456 g/mol. The zero-order valence-corrected chi connectivity index (χ0v) is 20.6. The molecule has 0 unspecified atom stereocenters. The minimum Gasteiger partial charge on any atom is -0.378 e. The molecule has 1 saturated heterocycles. The second-order valence-corrected chi connectivity index (χ2v) is 9.53. The van der Waals surface area contributed by atoms with E-state index in [-0.39, 0.29) is 5.91 Å². The maximum Gasteiger partial charge on any atom is 0.254 e. The quantitative estimate of drug-likeness (QED) is 0.348. The van der Waals surface area contributed by atoms with E-state index in [1.807, 2.05) is 47.4 Å². The monoisotopic (exact) mass is 484 g/mol. The maximum absolute atomic E-state index is 13.2. The summed E-state index contributed by atoms with van der Waals surface area (Å²) >= 11 is 1.60. The van der Waals surface area contributed by atoms with E-state index in [4.69, 9.17) is 4.74 Å². The molecule has 4 aromatic rings. The first-order valence-corrected chi connectivity index (χ1v) is 12.8. The van der Waals surface area contributed by atoms with E-state index in [2.05, 4.69) is 58.1 Å². The summed E-state index contributed by atoms with van der Waals surface area (Å²) in [7, 11) is 0. The van der Waals surface area contributed by atoms with Gasteiger partial charge in [-0.2, -0.15) is 0 Å². The lowest BCUT2D eigenvalue weighted by Gasteiger charge is -2.27. The highest BCUT2D eigenvalue weighted by atomic mass is 32.2. The van der Waals surface area contributed by atoms with Gasteiger partial charge < -0.3 is 9.64 Å². The molecule has 0 bridgehead atoms. The number of amides is 1. The Morgan fingerprint density at radius 3 is 2.40 bits per heavy atom. The molecule has 1 aromatic heterocycles. The van der Waals surface area contributed by atoms with Crippen molar-refractivity contribution in [2.75, 3.05) is 26.3 Å². The fourth-order valence-electron chi connectivity index (χ4n) is 4.17. The van der Waals surface area contributed by atoms with Crippen molar-refractivity contribution >= 4 is 17.7 Å². The third kappa shape index (κ3) is 5.47. The predicted octanol–water partition coefficient (Wildman–Crippen LogP) is 4.93. The van der Waals surface area contributed by atoms with Crippen LogP contribution in [0.3, 0.4) is 0 Å². The molecule has 1 fully saturated rings. The zero-order chi connectivity index (χ0) is 24.0. The zero-order valence-electron chi connectivity index (χ0n) is 19.8. The summed E-state index contributed by atoms with van der Waals surface area (Å²) in [5.41, 5.74) is 5.17. The molecule has 0 aliphatic carbocycles. The topological polar surface area (TPSA) is 60.2 Å². The fourth-order valence-corrected chi connectivity index (χ4v) is 5.15. The molecule has 5 rings (SSSR count). The largest absolute Gasteiger partial charge is 0.378 e. The van der Waals surface area contributed by atoms with Crippen molar-refractivity contribution in [3.05, 3.63) is 107 Å². The Labute approximate surface area is 210 Å². The minimum absolute atomic E-state index is 0.0641. The van der Waals surface area contributed by atoms with Gasteiger partial charge in [0.2, 0.25) is 0 Å². The maximum atomic E-state index is 13.2. The van der Waals surface area contributed by atoms with E-state index >= 15 is 0 Å². The van der Waals surface area contributed by atoms with E-state index in [1.165, 1.54) is 11.1 Å². The second-order valence-electron chi connectivity index (χ2n) is 8.58. The highest BCUT2D eigenvalue weighted by Crippen LogP contribution is 2.28. The van der Waals surface area contributed by atoms with E-state index in [1.54, 1.807) is 11.8 Å². The standard InChI is InChI=1S/C28H28N4O2S/c1-21-11-13-24(14-12-21)32-26(19-22-7-3-2-4-8-22)29-30-28(32)35-20-23-9-5-6-10-25(23)27(33)31-15-17-34-18-16-31/h2-14H,15-20H2,1H3. The van der Waals surface area contributed by atoms with Gasteiger partial charge in [0.25, 0.3) is 5.91 Å². The van der Waals surface area contributed by atoms with Crippen molar-refractivity contribution in [2.45, 2.75) is 24.3 Å². The number of nitrogens with zero attached hydrogens (tertiary/aromatic N) is 4. The Bertz CT molecular complexity index is 1280. The number of ether oxygens (including phenoxy) is 1. The smallest absolute Gasteiger partial charge is 0.254 e. The van der Waals surface area contributed by atoms with E-state index < -0.39 is 0 Å². The van der Waals surface area contributed by atoms with Crippen LogP contribution in [0, 0.1) is 6.92 Å². The van der Waals surface area contributed by atoms with Gasteiger partial charge in [0, 0.05) is 36.5 Å². The number of thioether (sulfide) groups is 1. The summed E-state index contributed by atoms with van der Waals surface area (Å²) in [6.45, 7) is 4.52. The molecule has 2 heterocycles. The van der Waals surface area contributed by atoms with Gasteiger partial charge in [-0.25, -0.2) is 0 Å². The number of hydrogen-bond donors (Lipinski definition) is 0. The highest BCUT2D eigenvalue weighted by Gasteiger charge is 2.22. The molecule has 7 heteroatoms. The van der Waals surface area contributed by atoms with E-state index in [9.17, 15) is 4.79 Å². The van der Waals surface area contributed by atoms with Crippen molar-refractivity contribution in [1.82, 2.24) is 19.7 Å². The molecule has 178 valence electrons. The van der Waals surface area contributed by atoms with Crippen LogP contribution in [0.4, 0.5) is 0 Å². The van der Waals surface area contributed by atoms with Gasteiger partial charge in [0.05, 0.1) is 13.2 Å². The fraction of sp³-hybridized carbons (Fsp3) is 0.250. The van der Waals surface area contributed by atoms with Crippen LogP contribution in [-0.2, 0) is 16.9 Å². The van der Waals surface area contributed by atoms with Crippen LogP contribution in [-0.4, -0.2) is 51.9 Å². The molecule has 1 amide bonds. The van der Waals surface area contributed by atoms with Crippen LogP contribution in [0.1, 0.15) is 32.9 Å². The van der Waals surface area contributed by atoms with Crippen molar-refractivity contribution in [1.29, 1.82) is 0 Å². The molecule has 1 aliphatic rings. The third-order valence-electron chi connectivity index (χ3n) is 6.10. The Hall–Kier alpha value is -3.42. The first kappa shape index (κ1) is 23.3. The summed E-state index contributed by atoms with van der Waals surface area (Å²) in [6.07, 6.45) is 0.689. The summed E-state index contributed by atoms with van der Waals surface area (Å²) in [5, 5.41) is 9.92. The van der Waals surface area contributed by atoms with E-state index in [0.29, 0.717) is 38.5 Å². The molecule has 35 heavy (non-hydrogen) atoms. The summed E-state index contributed by atoms with van der Waals surface area (Å²) in [5.74, 6) is 1.58. The van der Waals surface area contributed by atoms with Crippen LogP contribution in [0.2, 0.25) is 0 Å². The van der Waals surface area contributed by atoms with Gasteiger partial charge >= 0.3 is 0 Å². The molecule has 0 radical (unpaired) electrons. The molecule has 3 aromatic carbocycles. The van der Waals surface area contributed by atoms with Crippen molar-refractivity contribution in [3.8, 4) is 5.69 Å². The second kappa shape index (κ2) is 10.9. The average molecular weight is 485 g/mol. The lowest BCUT2D eigenvalue weighted by Crippen LogP contribution is -2.41. The van der Waals surface area contributed by atoms with Gasteiger partial charge in [-0.1, -0.05) is 78.0 Å². The highest BCUT2D eigenvalue weighted by molar-refractivity contribution is 7.98. The molecule has 0 spiro atoms. The Kier molecular flexibility index (Phi) is 7.25. The number of carbonyl (C=O) groups is 1. The van der Waals surface area contributed by atoms with Crippen LogP contribution in [0.5, 0.6) is 0 Å². The Morgan fingerprint density at radius 1 is 0.914 bits per heavy atom. The number of carbonyl (C=O) groups excluding carboxylic acids is 1. The molecule has 0 saturated carbocycles. The lowest BCUT2D eigenvalue weighted by molar-refractivity contribution is 0.0302. The van der Waals surface area contributed by atoms with Gasteiger partial charge in [-0.3, -0.25) is 9.36 Å². The van der Waals surface area contributed by atoms with Crippen LogP contribution in [0.25, 0.3) is 5.69 Å². The number of aryl methyl sites for hydroxylation is 1. The summed E-state index contributed by atoms with van der Waals surface area (Å²) in [4.78, 5) is 15.1. The van der Waals surface area contributed by atoms with Crippen LogP contribution in [0.15, 0.2) is 84.0 Å². The average Bonchev–Trinajstić information content (AvgIpc) is 3.31. The lowest BCUT2D eigenvalue weighted by atomic mass is 10.1. The molecule has 6 nitrogen and oxygen atoms in total. The SMILES string of the molecule is Cc1ccc(-n2c(Cc3ccccc3)nnc2SCc2ccccc2C(=O)N2CCOCC2)cc1. The number of hydrogen-bond acceptors (Lipinski definition) is 5. The molecule has 1 aliphatic heterocycles. The predicted molar refractivity (Wildman–Crippen MR) is 138 cm³/mol. The number of benzene rings is 3. The number of aromatic nitrogens is 3. The van der Waals surface area contributed by atoms with Gasteiger partial charge in [-0.05, 0) is 36.2 Å². The first-order chi connectivity index (χ1) is 17.2. The van der Waals surface area contributed by atoms with Crippen molar-refractivity contribution < 1.29 is 9.53 Å². The summed E-state index contributed by atoms with van der Waals surface area (Å²) in [6, 6.07) is 26.6. The number of morpholine rings is 1. The summed E-state index contributed by atoms with van der Waals surface area (Å²) < 4.78 is 7.54. The van der Waals surface area contributed by atoms with Crippen LogP contribution >= 0.6 is 11.8 Å². The van der Waals surface area contributed by atoms with Gasteiger partial charge in [0.15, 0.2) is 5.16 Å². The molecular formula is C28H28N4O2S. The van der Waals surface area contributed by atoms with Crippen molar-refractivity contribution in [3.63, 3.8) is 0 Å². The van der Waals surface area contributed by atoms with E-state index in [0.717, 1.165) is 27.8 Å². The van der Waals surface area contributed by atoms with Gasteiger partial charge in [-0.15, -0.1) is 10.2 Å². The number of rotatable bonds is 7.